The number of carbonyl (C=O) groups is 3. The first-order valence-electron chi connectivity index (χ1n) is 7.60. The molecule has 25 heavy (non-hydrogen) atoms. The largest absolute Gasteiger partial charge is 0.463 e. The monoisotopic (exact) mass is 355 g/mol. The number of azide groups is 1. The molecule has 10 nitrogen and oxygen atoms in total. The fourth-order valence-electron chi connectivity index (χ4n) is 2.52. The Morgan fingerprint density at radius 2 is 1.80 bits per heavy atom. The quantitative estimate of drug-likeness (QED) is 0.176. The van der Waals surface area contributed by atoms with Gasteiger partial charge in [-0.25, -0.2) is 0 Å². The van der Waals surface area contributed by atoms with Crippen LogP contribution in [-0.4, -0.2) is 49.1 Å². The second kappa shape index (κ2) is 9.65. The number of hydrogen-bond acceptors (Lipinski definition) is 8. The van der Waals surface area contributed by atoms with E-state index in [0.29, 0.717) is 0 Å². The van der Waals surface area contributed by atoms with Crippen molar-refractivity contribution in [3.63, 3.8) is 0 Å². The Hall–Kier alpha value is -2.58. The number of carbonyl (C=O) groups excluding carboxylic acids is 3. The minimum atomic E-state index is -1.28. The Morgan fingerprint density at radius 1 is 1.16 bits per heavy atom. The topological polar surface area (TPSA) is 137 Å². The van der Waals surface area contributed by atoms with Crippen molar-refractivity contribution in [1.29, 1.82) is 0 Å². The maximum Gasteiger partial charge on any atom is 0.304 e. The molecular formula is C15H21N3O7. The number of allylic oxidation sites excluding steroid dienone is 1. The third kappa shape index (κ3) is 6.09. The Morgan fingerprint density at radius 3 is 2.28 bits per heavy atom. The zero-order valence-corrected chi connectivity index (χ0v) is 14.4. The molecule has 1 saturated heterocycles. The van der Waals surface area contributed by atoms with Crippen LogP contribution in [0.3, 0.4) is 0 Å². The van der Waals surface area contributed by atoms with Gasteiger partial charge in [-0.2, -0.15) is 0 Å². The summed E-state index contributed by atoms with van der Waals surface area (Å²) in [6.45, 7) is 5.20. The van der Waals surface area contributed by atoms with Gasteiger partial charge in [0.25, 0.3) is 0 Å². The van der Waals surface area contributed by atoms with E-state index in [4.69, 9.17) is 24.5 Å². The van der Waals surface area contributed by atoms with Crippen molar-refractivity contribution in [3.8, 4) is 0 Å². The standard InChI is InChI=1S/C15H21N3O7/c1-5-6-11-12(7-22-8(2)19)25-15(24-10(4)21)13(17-18-16)14(11)23-9(3)20/h5-6,11-15H,7H2,1-4H3/t11-,12?,13?,14+,15?/m1/s1. The normalized spacial score (nSPS) is 28.7. The summed E-state index contributed by atoms with van der Waals surface area (Å²) in [5.41, 5.74) is 8.81. The summed E-state index contributed by atoms with van der Waals surface area (Å²) in [6.07, 6.45) is 0.387. The highest BCUT2D eigenvalue weighted by molar-refractivity contribution is 5.67. The van der Waals surface area contributed by atoms with Gasteiger partial charge >= 0.3 is 17.9 Å². The zero-order chi connectivity index (χ0) is 19.0. The van der Waals surface area contributed by atoms with Crippen molar-refractivity contribution < 1.29 is 33.3 Å². The van der Waals surface area contributed by atoms with Crippen molar-refractivity contribution in [2.75, 3.05) is 6.61 Å². The van der Waals surface area contributed by atoms with Crippen molar-refractivity contribution in [2.45, 2.75) is 52.2 Å². The molecule has 0 N–H and O–H groups in total. The minimum absolute atomic E-state index is 0.150. The highest BCUT2D eigenvalue weighted by Gasteiger charge is 2.48. The third-order valence-electron chi connectivity index (χ3n) is 3.37. The van der Waals surface area contributed by atoms with Gasteiger partial charge in [0.2, 0.25) is 6.29 Å². The van der Waals surface area contributed by atoms with Crippen LogP contribution < -0.4 is 0 Å². The van der Waals surface area contributed by atoms with E-state index in [1.807, 2.05) is 0 Å². The molecule has 0 radical (unpaired) electrons. The molecule has 0 aromatic heterocycles. The first-order valence-corrected chi connectivity index (χ1v) is 7.60. The second-order valence-electron chi connectivity index (χ2n) is 5.33. The molecule has 1 aliphatic rings. The predicted molar refractivity (Wildman–Crippen MR) is 83.9 cm³/mol. The molecular weight excluding hydrogens is 334 g/mol. The van der Waals surface area contributed by atoms with E-state index in [1.165, 1.54) is 13.8 Å². The summed E-state index contributed by atoms with van der Waals surface area (Å²) in [5.74, 6) is -2.36. The number of rotatable bonds is 6. The summed E-state index contributed by atoms with van der Waals surface area (Å²) in [6, 6.07) is -1.09. The van der Waals surface area contributed by atoms with Crippen LogP contribution in [0.15, 0.2) is 17.3 Å². The average molecular weight is 355 g/mol. The number of esters is 3. The van der Waals surface area contributed by atoms with E-state index in [0.717, 1.165) is 6.92 Å². The lowest BCUT2D eigenvalue weighted by Gasteiger charge is -2.42. The maximum absolute atomic E-state index is 11.5. The van der Waals surface area contributed by atoms with Crippen molar-refractivity contribution in [1.82, 2.24) is 0 Å². The summed E-state index contributed by atoms with van der Waals surface area (Å²) in [4.78, 5) is 36.6. The Balaban J connectivity index is 3.25. The molecule has 138 valence electrons. The average Bonchev–Trinajstić information content (AvgIpc) is 2.50. The van der Waals surface area contributed by atoms with Gasteiger partial charge in [0.05, 0.1) is 0 Å². The van der Waals surface area contributed by atoms with Crippen LogP contribution >= 0.6 is 0 Å². The Kier molecular flexibility index (Phi) is 7.90. The first-order chi connectivity index (χ1) is 11.8. The minimum Gasteiger partial charge on any atom is -0.463 e. The van der Waals surface area contributed by atoms with Crippen molar-refractivity contribution >= 4 is 17.9 Å². The fraction of sp³-hybridized carbons (Fsp3) is 0.667. The molecule has 0 aromatic rings. The van der Waals surface area contributed by atoms with Gasteiger partial charge in [0.15, 0.2) is 0 Å². The van der Waals surface area contributed by atoms with Gasteiger partial charge in [-0.3, -0.25) is 14.4 Å². The molecule has 1 rings (SSSR count). The van der Waals surface area contributed by atoms with Crippen LogP contribution in [-0.2, 0) is 33.3 Å². The number of ether oxygens (including phenoxy) is 4. The van der Waals surface area contributed by atoms with Crippen LogP contribution in [0.1, 0.15) is 27.7 Å². The highest BCUT2D eigenvalue weighted by Crippen LogP contribution is 2.33. The highest BCUT2D eigenvalue weighted by atomic mass is 16.7. The van der Waals surface area contributed by atoms with E-state index in [9.17, 15) is 14.4 Å². The molecule has 1 heterocycles. The smallest absolute Gasteiger partial charge is 0.304 e. The first kappa shape index (κ1) is 20.5. The molecule has 1 fully saturated rings. The van der Waals surface area contributed by atoms with Gasteiger partial charge in [-0.15, -0.1) is 0 Å². The molecule has 0 aromatic carbocycles. The second-order valence-corrected chi connectivity index (χ2v) is 5.33. The van der Waals surface area contributed by atoms with E-state index in [-0.39, 0.29) is 6.61 Å². The zero-order valence-electron chi connectivity index (χ0n) is 14.4. The summed E-state index contributed by atoms with van der Waals surface area (Å²) >= 11 is 0. The van der Waals surface area contributed by atoms with E-state index >= 15 is 0 Å². The lowest BCUT2D eigenvalue weighted by atomic mass is 9.87. The lowest BCUT2D eigenvalue weighted by Crippen LogP contribution is -2.56. The summed E-state index contributed by atoms with van der Waals surface area (Å²) in [5, 5.41) is 3.57. The van der Waals surface area contributed by atoms with Crippen molar-refractivity contribution in [3.05, 3.63) is 22.6 Å². The molecule has 0 spiro atoms. The lowest BCUT2D eigenvalue weighted by molar-refractivity contribution is -0.244. The van der Waals surface area contributed by atoms with Crippen LogP contribution in [0.2, 0.25) is 0 Å². The van der Waals surface area contributed by atoms with E-state index in [2.05, 4.69) is 10.0 Å². The molecule has 5 atom stereocenters. The van der Waals surface area contributed by atoms with Crippen LogP contribution in [0.4, 0.5) is 0 Å². The van der Waals surface area contributed by atoms with Gasteiger partial charge in [0, 0.05) is 31.6 Å². The molecule has 0 amide bonds. The molecule has 3 unspecified atom stereocenters. The Bertz CT molecular complexity index is 586. The van der Waals surface area contributed by atoms with Gasteiger partial charge < -0.3 is 18.9 Å². The Labute approximate surface area is 144 Å². The van der Waals surface area contributed by atoms with Crippen LogP contribution in [0, 0.1) is 5.92 Å². The maximum atomic E-state index is 11.5. The number of nitrogens with zero attached hydrogens (tertiary/aromatic N) is 3. The molecule has 1 aliphatic heterocycles. The van der Waals surface area contributed by atoms with Gasteiger partial charge in [0.1, 0.15) is 24.9 Å². The fourth-order valence-corrected chi connectivity index (χ4v) is 2.52. The summed E-state index contributed by atoms with van der Waals surface area (Å²) in [7, 11) is 0. The van der Waals surface area contributed by atoms with Gasteiger partial charge in [-0.1, -0.05) is 17.3 Å². The SMILES string of the molecule is CC=C[C@@H]1C(COC(C)=O)OC(OC(C)=O)C(N=[N+]=[N-])[C@H]1OC(C)=O. The molecule has 0 aliphatic carbocycles. The van der Waals surface area contributed by atoms with Crippen LogP contribution in [0.25, 0.3) is 10.4 Å². The summed E-state index contributed by atoms with van der Waals surface area (Å²) < 4.78 is 21.0. The van der Waals surface area contributed by atoms with E-state index < -0.39 is 48.4 Å². The number of hydrogen-bond donors (Lipinski definition) is 0. The molecule has 0 saturated carbocycles. The van der Waals surface area contributed by atoms with E-state index in [1.54, 1.807) is 19.1 Å². The molecule has 0 bridgehead atoms. The molecule has 10 heteroatoms. The van der Waals surface area contributed by atoms with Gasteiger partial charge in [-0.05, 0) is 12.5 Å². The van der Waals surface area contributed by atoms with Crippen LogP contribution in [0.5, 0.6) is 0 Å². The van der Waals surface area contributed by atoms with Crippen molar-refractivity contribution in [2.24, 2.45) is 11.0 Å². The predicted octanol–water partition coefficient (Wildman–Crippen LogP) is 1.64. The third-order valence-corrected chi connectivity index (χ3v) is 3.37.